The summed E-state index contributed by atoms with van der Waals surface area (Å²) in [5.41, 5.74) is 2.96. The van der Waals surface area contributed by atoms with Crippen molar-refractivity contribution in [3.63, 3.8) is 0 Å². The molecule has 9 heteroatoms. The average Bonchev–Trinajstić information content (AvgIpc) is 2.74. The van der Waals surface area contributed by atoms with Crippen LogP contribution in [0.4, 0.5) is 5.69 Å². The molecule has 1 saturated heterocycles. The van der Waals surface area contributed by atoms with Crippen LogP contribution in [0.3, 0.4) is 0 Å². The molecule has 7 nitrogen and oxygen atoms in total. The molecule has 0 unspecified atom stereocenters. The van der Waals surface area contributed by atoms with E-state index in [9.17, 15) is 13.2 Å². The maximum absolute atomic E-state index is 12.9. The van der Waals surface area contributed by atoms with E-state index in [0.717, 1.165) is 16.8 Å². The number of hydrogen-bond donors (Lipinski definition) is 1. The van der Waals surface area contributed by atoms with Gasteiger partial charge in [-0.1, -0.05) is 23.7 Å². The van der Waals surface area contributed by atoms with E-state index in [2.05, 4.69) is 9.62 Å². The first-order valence-electron chi connectivity index (χ1n) is 10.1. The zero-order chi connectivity index (χ0) is 22.8. The predicted molar refractivity (Wildman–Crippen MR) is 122 cm³/mol. The van der Waals surface area contributed by atoms with Crippen LogP contribution in [-0.4, -0.2) is 58.6 Å². The van der Waals surface area contributed by atoms with Crippen molar-refractivity contribution in [3.05, 3.63) is 52.5 Å². The van der Waals surface area contributed by atoms with Gasteiger partial charge < -0.3 is 14.5 Å². The zero-order valence-electron chi connectivity index (χ0n) is 18.2. The van der Waals surface area contributed by atoms with E-state index >= 15 is 0 Å². The number of benzene rings is 2. The maximum Gasteiger partial charge on any atom is 0.244 e. The lowest BCUT2D eigenvalue weighted by atomic mass is 10.1. The van der Waals surface area contributed by atoms with E-state index < -0.39 is 16.1 Å². The van der Waals surface area contributed by atoms with Crippen LogP contribution >= 0.6 is 11.6 Å². The summed E-state index contributed by atoms with van der Waals surface area (Å²) in [6.07, 6.45) is 0. The molecule has 0 radical (unpaired) electrons. The fraction of sp³-hybridized carbons (Fsp3) is 0.409. The zero-order valence-corrected chi connectivity index (χ0v) is 19.8. The summed E-state index contributed by atoms with van der Waals surface area (Å²) in [5.74, 6) is -0.0130. The number of ether oxygens (including phenoxy) is 1. The number of halogens is 1. The molecule has 2 aromatic rings. The largest absolute Gasteiger partial charge is 0.495 e. The summed E-state index contributed by atoms with van der Waals surface area (Å²) >= 11 is 6.13. The number of rotatable bonds is 6. The Morgan fingerprint density at radius 1 is 1.10 bits per heavy atom. The number of piperazine rings is 1. The number of aryl methyl sites for hydroxylation is 2. The quantitative estimate of drug-likeness (QED) is 0.709. The summed E-state index contributed by atoms with van der Waals surface area (Å²) in [6, 6.07) is 9.78. The monoisotopic (exact) mass is 465 g/mol. The molecule has 168 valence electrons. The van der Waals surface area contributed by atoms with Crippen molar-refractivity contribution in [1.29, 1.82) is 0 Å². The van der Waals surface area contributed by atoms with Crippen molar-refractivity contribution in [2.45, 2.75) is 31.7 Å². The fourth-order valence-corrected chi connectivity index (χ4v) is 5.32. The highest BCUT2D eigenvalue weighted by Crippen LogP contribution is 2.26. The van der Waals surface area contributed by atoms with Gasteiger partial charge in [0.05, 0.1) is 13.2 Å². The molecule has 1 heterocycles. The van der Waals surface area contributed by atoms with E-state index in [-0.39, 0.29) is 16.6 Å². The lowest BCUT2D eigenvalue weighted by Gasteiger charge is -2.37. The molecule has 1 atom stereocenters. The van der Waals surface area contributed by atoms with Crippen LogP contribution in [0.1, 0.15) is 18.1 Å². The first-order chi connectivity index (χ1) is 14.6. The maximum atomic E-state index is 12.9. The third-order valence-corrected chi connectivity index (χ3v) is 7.21. The molecule has 0 aromatic heterocycles. The molecule has 0 bridgehead atoms. The van der Waals surface area contributed by atoms with Gasteiger partial charge in [-0.25, -0.2) is 8.42 Å². The second kappa shape index (κ2) is 9.46. The highest BCUT2D eigenvalue weighted by atomic mass is 35.5. The SMILES string of the molecule is COc1ccc(C)cc1S(=O)(=O)N[C@@H](C)C(=O)N1CCN(c2cc(Cl)ccc2C)CC1. The summed E-state index contributed by atoms with van der Waals surface area (Å²) in [6.45, 7) is 7.70. The number of carbonyl (C=O) groups is 1. The number of nitrogens with one attached hydrogen (secondary N) is 1. The molecule has 1 aliphatic heterocycles. The van der Waals surface area contributed by atoms with Crippen LogP contribution < -0.4 is 14.4 Å². The minimum absolute atomic E-state index is 0.0240. The molecule has 0 aliphatic carbocycles. The van der Waals surface area contributed by atoms with Crippen molar-refractivity contribution in [3.8, 4) is 5.75 Å². The van der Waals surface area contributed by atoms with Gasteiger partial charge in [0.15, 0.2) is 0 Å². The Morgan fingerprint density at radius 3 is 2.42 bits per heavy atom. The Hall–Kier alpha value is -2.29. The van der Waals surface area contributed by atoms with E-state index in [0.29, 0.717) is 31.2 Å². The van der Waals surface area contributed by atoms with Gasteiger partial charge in [-0.2, -0.15) is 4.72 Å². The van der Waals surface area contributed by atoms with Crippen molar-refractivity contribution >= 4 is 33.2 Å². The van der Waals surface area contributed by atoms with Gasteiger partial charge in [-0.15, -0.1) is 0 Å². The number of amides is 1. The highest BCUT2D eigenvalue weighted by Gasteiger charge is 2.30. The van der Waals surface area contributed by atoms with Crippen LogP contribution in [0.2, 0.25) is 5.02 Å². The predicted octanol–water partition coefficient (Wildman–Crippen LogP) is 2.98. The van der Waals surface area contributed by atoms with Crippen LogP contribution in [0.15, 0.2) is 41.3 Å². The van der Waals surface area contributed by atoms with Crippen LogP contribution in [0.5, 0.6) is 5.75 Å². The standard InChI is InChI=1S/C22H28ClN3O4S/c1-15-5-8-20(30-4)21(13-15)31(28,29)24-17(3)22(27)26-11-9-25(10-12-26)19-14-18(23)7-6-16(19)2/h5-8,13-14,17,24H,9-12H2,1-4H3/t17-/m0/s1. The van der Waals surface area contributed by atoms with Gasteiger partial charge in [-0.05, 0) is 56.2 Å². The lowest BCUT2D eigenvalue weighted by molar-refractivity contribution is -0.132. The molecule has 0 spiro atoms. The number of carbonyl (C=O) groups excluding carboxylic acids is 1. The van der Waals surface area contributed by atoms with Crippen LogP contribution in [0.25, 0.3) is 0 Å². The van der Waals surface area contributed by atoms with Gasteiger partial charge in [0.25, 0.3) is 0 Å². The molecular formula is C22H28ClN3O4S. The molecule has 2 aromatic carbocycles. The molecule has 1 amide bonds. The molecule has 3 rings (SSSR count). The first kappa shape index (κ1) is 23.4. The lowest BCUT2D eigenvalue weighted by Crippen LogP contribution is -2.54. The Bertz CT molecular complexity index is 1070. The van der Waals surface area contributed by atoms with E-state index in [1.165, 1.54) is 13.2 Å². The van der Waals surface area contributed by atoms with Crippen LogP contribution in [-0.2, 0) is 14.8 Å². The molecular weight excluding hydrogens is 438 g/mol. The Balaban J connectivity index is 1.66. The van der Waals surface area contributed by atoms with Crippen LogP contribution in [0, 0.1) is 13.8 Å². The second-order valence-electron chi connectivity index (χ2n) is 7.74. The van der Waals surface area contributed by atoms with Gasteiger partial charge in [0, 0.05) is 36.9 Å². The summed E-state index contributed by atoms with van der Waals surface area (Å²) in [5, 5.41) is 0.675. The second-order valence-corrected chi connectivity index (χ2v) is 9.86. The number of methoxy groups -OCH3 is 1. The fourth-order valence-electron chi connectivity index (χ4n) is 3.71. The molecule has 1 aliphatic rings. The van der Waals surface area contributed by atoms with E-state index in [1.807, 2.05) is 25.1 Å². The van der Waals surface area contributed by atoms with Gasteiger partial charge in [-0.3, -0.25) is 4.79 Å². The Labute approximate surface area is 189 Å². The van der Waals surface area contributed by atoms with Crippen molar-refractivity contribution in [2.75, 3.05) is 38.2 Å². The Kier molecular flexibility index (Phi) is 7.13. The van der Waals surface area contributed by atoms with E-state index in [4.69, 9.17) is 16.3 Å². The van der Waals surface area contributed by atoms with Gasteiger partial charge in [0.2, 0.25) is 15.9 Å². The first-order valence-corrected chi connectivity index (χ1v) is 12.0. The number of anilines is 1. The number of nitrogens with zero attached hydrogens (tertiary/aromatic N) is 2. The van der Waals surface area contributed by atoms with E-state index in [1.54, 1.807) is 30.9 Å². The molecule has 0 saturated carbocycles. The third-order valence-electron chi connectivity index (χ3n) is 5.41. The minimum atomic E-state index is -3.92. The number of hydrogen-bond acceptors (Lipinski definition) is 5. The topological polar surface area (TPSA) is 78.9 Å². The average molecular weight is 466 g/mol. The van der Waals surface area contributed by atoms with Gasteiger partial charge >= 0.3 is 0 Å². The van der Waals surface area contributed by atoms with Gasteiger partial charge in [0.1, 0.15) is 10.6 Å². The summed E-state index contributed by atoms with van der Waals surface area (Å²) in [4.78, 5) is 16.8. The molecule has 31 heavy (non-hydrogen) atoms. The van der Waals surface area contributed by atoms with Crippen molar-refractivity contribution in [2.24, 2.45) is 0 Å². The van der Waals surface area contributed by atoms with Crippen molar-refractivity contribution < 1.29 is 17.9 Å². The normalized spacial score (nSPS) is 15.6. The highest BCUT2D eigenvalue weighted by molar-refractivity contribution is 7.89. The Morgan fingerprint density at radius 2 is 1.77 bits per heavy atom. The number of sulfonamides is 1. The smallest absolute Gasteiger partial charge is 0.244 e. The summed E-state index contributed by atoms with van der Waals surface area (Å²) < 4.78 is 33.5. The van der Waals surface area contributed by atoms with Crippen molar-refractivity contribution in [1.82, 2.24) is 9.62 Å². The molecule has 1 N–H and O–H groups in total. The summed E-state index contributed by atoms with van der Waals surface area (Å²) in [7, 11) is -2.50. The molecule has 1 fully saturated rings. The third kappa shape index (κ3) is 5.31. The minimum Gasteiger partial charge on any atom is -0.495 e.